The smallest absolute Gasteiger partial charge is 0.279 e. The molecule has 1 aliphatic heterocycles. The highest BCUT2D eigenvalue weighted by atomic mass is 16.6. The first-order chi connectivity index (χ1) is 14.2. The Morgan fingerprint density at radius 1 is 1.10 bits per heavy atom. The van der Waals surface area contributed by atoms with Gasteiger partial charge < -0.3 is 5.32 Å². The molecule has 9 heteroatoms. The molecule has 0 radical (unpaired) electrons. The summed E-state index contributed by atoms with van der Waals surface area (Å²) in [5, 5.41) is 25.0. The van der Waals surface area contributed by atoms with Gasteiger partial charge in [0, 0.05) is 23.9 Å². The van der Waals surface area contributed by atoms with Gasteiger partial charge in [-0.2, -0.15) is 0 Å². The second kappa shape index (κ2) is 9.00. The van der Waals surface area contributed by atoms with Crippen molar-refractivity contribution in [3.05, 3.63) is 73.3 Å². The fourth-order valence-corrected chi connectivity index (χ4v) is 3.59. The Morgan fingerprint density at radius 3 is 2.30 bits per heavy atom. The van der Waals surface area contributed by atoms with E-state index in [1.807, 2.05) is 12.1 Å². The predicted octanol–water partition coefficient (Wildman–Crippen LogP) is 4.30. The summed E-state index contributed by atoms with van der Waals surface area (Å²) in [6.07, 6.45) is 2.39. The molecule has 0 aliphatic carbocycles. The van der Waals surface area contributed by atoms with Crippen molar-refractivity contribution in [2.75, 3.05) is 18.4 Å². The van der Waals surface area contributed by atoms with Crippen LogP contribution in [0.15, 0.2) is 36.4 Å². The number of hydrogen-bond acceptors (Lipinski definition) is 6. The molecule has 0 atom stereocenters. The molecule has 1 aliphatic rings. The number of carbonyl (C=O) groups excluding carboxylic acids is 1. The van der Waals surface area contributed by atoms with Crippen molar-refractivity contribution in [2.45, 2.75) is 33.2 Å². The number of carbonyl (C=O) groups is 1. The van der Waals surface area contributed by atoms with Crippen molar-refractivity contribution in [3.8, 4) is 0 Å². The number of piperidine rings is 1. The maximum absolute atomic E-state index is 12.7. The first-order valence-electron chi connectivity index (χ1n) is 9.80. The summed E-state index contributed by atoms with van der Waals surface area (Å²) in [6.45, 7) is 6.66. The molecule has 0 unspecified atom stereocenters. The van der Waals surface area contributed by atoms with Crippen LogP contribution in [0.5, 0.6) is 0 Å². The molecule has 3 rings (SSSR count). The van der Waals surface area contributed by atoms with Crippen LogP contribution in [0.3, 0.4) is 0 Å². The standard InChI is InChI=1S/C21H24N4O5/c1-14-7-9-23(10-8-14)13-16-3-5-17(6-4-16)22-21(26)19-11-18(24(27)28)12-20(15(19)2)25(29)30/h3-6,11-12,14H,7-10,13H2,1-2H3,(H,22,26). The molecule has 9 nitrogen and oxygen atoms in total. The van der Waals surface area contributed by atoms with Gasteiger partial charge in [0.25, 0.3) is 17.3 Å². The van der Waals surface area contributed by atoms with Crippen molar-refractivity contribution in [1.29, 1.82) is 0 Å². The highest BCUT2D eigenvalue weighted by molar-refractivity contribution is 6.06. The maximum Gasteiger partial charge on any atom is 0.279 e. The van der Waals surface area contributed by atoms with Crippen molar-refractivity contribution in [3.63, 3.8) is 0 Å². The van der Waals surface area contributed by atoms with E-state index in [0.29, 0.717) is 5.69 Å². The number of rotatable bonds is 6. The minimum Gasteiger partial charge on any atom is -0.322 e. The maximum atomic E-state index is 12.7. The largest absolute Gasteiger partial charge is 0.322 e. The normalized spacial score (nSPS) is 15.0. The summed E-state index contributed by atoms with van der Waals surface area (Å²) in [5.41, 5.74) is 0.681. The lowest BCUT2D eigenvalue weighted by atomic mass is 9.99. The van der Waals surface area contributed by atoms with Crippen LogP contribution < -0.4 is 5.32 Å². The van der Waals surface area contributed by atoms with Gasteiger partial charge in [-0.25, -0.2) is 0 Å². The van der Waals surface area contributed by atoms with Gasteiger partial charge in [-0.3, -0.25) is 29.9 Å². The van der Waals surface area contributed by atoms with Gasteiger partial charge in [0.05, 0.1) is 21.5 Å². The number of nitro benzene ring substituents is 2. The molecule has 158 valence electrons. The predicted molar refractivity (Wildman–Crippen MR) is 113 cm³/mol. The summed E-state index contributed by atoms with van der Waals surface area (Å²) in [7, 11) is 0. The fourth-order valence-electron chi connectivity index (χ4n) is 3.59. The van der Waals surface area contributed by atoms with Gasteiger partial charge in [-0.15, -0.1) is 0 Å². The van der Waals surface area contributed by atoms with Gasteiger partial charge in [0.1, 0.15) is 0 Å². The molecule has 0 saturated carbocycles. The lowest BCUT2D eigenvalue weighted by Crippen LogP contribution is -2.32. The highest BCUT2D eigenvalue weighted by Gasteiger charge is 2.24. The molecule has 30 heavy (non-hydrogen) atoms. The van der Waals surface area contributed by atoms with Crippen LogP contribution in [0.25, 0.3) is 0 Å². The molecular weight excluding hydrogens is 388 g/mol. The zero-order valence-corrected chi connectivity index (χ0v) is 17.0. The number of non-ortho nitro benzene ring substituents is 1. The van der Waals surface area contributed by atoms with Gasteiger partial charge in [-0.05, 0) is 56.5 Å². The topological polar surface area (TPSA) is 119 Å². The van der Waals surface area contributed by atoms with E-state index in [2.05, 4.69) is 17.1 Å². The van der Waals surface area contributed by atoms with Crippen LogP contribution in [-0.2, 0) is 6.54 Å². The lowest BCUT2D eigenvalue weighted by molar-refractivity contribution is -0.394. The SMILES string of the molecule is Cc1c(C(=O)Nc2ccc(CN3CCC(C)CC3)cc2)cc([N+](=O)[O-])cc1[N+](=O)[O-]. The zero-order chi connectivity index (χ0) is 21.8. The highest BCUT2D eigenvalue weighted by Crippen LogP contribution is 2.28. The summed E-state index contributed by atoms with van der Waals surface area (Å²) < 4.78 is 0. The molecule has 1 saturated heterocycles. The molecule has 2 aromatic rings. The van der Waals surface area contributed by atoms with Crippen LogP contribution in [-0.4, -0.2) is 33.7 Å². The van der Waals surface area contributed by atoms with E-state index in [1.54, 1.807) is 12.1 Å². The first kappa shape index (κ1) is 21.4. The second-order valence-corrected chi connectivity index (χ2v) is 7.76. The van der Waals surface area contributed by atoms with Gasteiger partial charge in [0.15, 0.2) is 0 Å². The monoisotopic (exact) mass is 412 g/mol. The van der Waals surface area contributed by atoms with Crippen LogP contribution in [0.4, 0.5) is 17.1 Å². The lowest BCUT2D eigenvalue weighted by Gasteiger charge is -2.30. The summed E-state index contributed by atoms with van der Waals surface area (Å²) >= 11 is 0. The Kier molecular flexibility index (Phi) is 6.41. The number of hydrogen-bond donors (Lipinski definition) is 1. The number of nitrogens with zero attached hydrogens (tertiary/aromatic N) is 3. The molecule has 0 aromatic heterocycles. The fraction of sp³-hybridized carbons (Fsp3) is 0.381. The van der Waals surface area contributed by atoms with Crippen molar-refractivity contribution in [2.24, 2.45) is 5.92 Å². The molecule has 1 amide bonds. The van der Waals surface area contributed by atoms with Gasteiger partial charge in [0.2, 0.25) is 0 Å². The third-order valence-corrected chi connectivity index (χ3v) is 5.51. The number of likely N-dealkylation sites (tertiary alicyclic amines) is 1. The van der Waals surface area contributed by atoms with Crippen LogP contribution >= 0.6 is 0 Å². The third kappa shape index (κ3) is 4.98. The van der Waals surface area contributed by atoms with Crippen molar-refractivity contribution in [1.82, 2.24) is 4.90 Å². The molecule has 1 N–H and O–H groups in total. The number of benzene rings is 2. The van der Waals surface area contributed by atoms with E-state index < -0.39 is 27.1 Å². The quantitative estimate of drug-likeness (QED) is 0.558. The Hall–Kier alpha value is -3.33. The molecule has 1 fully saturated rings. The molecule has 2 aromatic carbocycles. The van der Waals surface area contributed by atoms with Crippen molar-refractivity contribution >= 4 is 23.0 Å². The molecule has 0 bridgehead atoms. The van der Waals surface area contributed by atoms with Crippen LogP contribution in [0.1, 0.15) is 41.3 Å². The average molecular weight is 412 g/mol. The minimum absolute atomic E-state index is 0.0825. The van der Waals surface area contributed by atoms with E-state index in [1.165, 1.54) is 19.8 Å². The van der Waals surface area contributed by atoms with Gasteiger partial charge >= 0.3 is 0 Å². The Bertz CT molecular complexity index is 966. The molecule has 1 heterocycles. The van der Waals surface area contributed by atoms with E-state index in [4.69, 9.17) is 0 Å². The number of nitrogens with one attached hydrogen (secondary N) is 1. The Balaban J connectivity index is 1.73. The Morgan fingerprint density at radius 2 is 1.73 bits per heavy atom. The van der Waals surface area contributed by atoms with E-state index in [0.717, 1.165) is 43.2 Å². The van der Waals surface area contributed by atoms with E-state index >= 15 is 0 Å². The van der Waals surface area contributed by atoms with E-state index in [9.17, 15) is 25.0 Å². The number of anilines is 1. The second-order valence-electron chi connectivity index (χ2n) is 7.76. The third-order valence-electron chi connectivity index (χ3n) is 5.51. The van der Waals surface area contributed by atoms with Crippen LogP contribution in [0, 0.1) is 33.1 Å². The molecule has 0 spiro atoms. The number of nitro groups is 2. The average Bonchev–Trinajstić information content (AvgIpc) is 2.70. The van der Waals surface area contributed by atoms with Crippen LogP contribution in [0.2, 0.25) is 0 Å². The molecular formula is C21H24N4O5. The first-order valence-corrected chi connectivity index (χ1v) is 9.80. The summed E-state index contributed by atoms with van der Waals surface area (Å²) in [6, 6.07) is 9.31. The Labute approximate surface area is 174 Å². The van der Waals surface area contributed by atoms with Gasteiger partial charge in [-0.1, -0.05) is 19.1 Å². The summed E-state index contributed by atoms with van der Waals surface area (Å²) in [4.78, 5) is 35.9. The zero-order valence-electron chi connectivity index (χ0n) is 17.0. The number of amides is 1. The summed E-state index contributed by atoms with van der Waals surface area (Å²) in [5.74, 6) is 0.143. The van der Waals surface area contributed by atoms with E-state index in [-0.39, 0.29) is 11.1 Å². The van der Waals surface area contributed by atoms with Crippen molar-refractivity contribution < 1.29 is 14.6 Å². The minimum atomic E-state index is -0.751.